The maximum atomic E-state index is 15.0. The second-order valence-electron chi connectivity index (χ2n) is 6.87. The summed E-state index contributed by atoms with van der Waals surface area (Å²) in [6, 6.07) is 13.5. The molecule has 0 amide bonds. The van der Waals surface area contributed by atoms with Gasteiger partial charge in [0.2, 0.25) is 0 Å². The molecule has 1 heterocycles. The highest BCUT2D eigenvalue weighted by molar-refractivity contribution is 7.99. The van der Waals surface area contributed by atoms with Crippen LogP contribution in [0.25, 0.3) is 0 Å². The van der Waals surface area contributed by atoms with Crippen LogP contribution in [-0.4, -0.2) is 16.4 Å². The first-order valence-electron chi connectivity index (χ1n) is 9.36. The van der Waals surface area contributed by atoms with Crippen molar-refractivity contribution in [1.82, 2.24) is 9.78 Å². The molecule has 2 aromatic carbocycles. The third-order valence-corrected chi connectivity index (χ3v) is 5.85. The van der Waals surface area contributed by atoms with Crippen molar-refractivity contribution in [2.75, 3.05) is 6.61 Å². The summed E-state index contributed by atoms with van der Waals surface area (Å²) in [4.78, 5) is 1.95. The Morgan fingerprint density at radius 1 is 1.22 bits per heavy atom. The lowest BCUT2D eigenvalue weighted by molar-refractivity contribution is 0.336. The Bertz CT molecular complexity index is 935. The van der Waals surface area contributed by atoms with Gasteiger partial charge in [0.05, 0.1) is 19.3 Å². The van der Waals surface area contributed by atoms with E-state index in [0.717, 1.165) is 9.79 Å². The molecule has 0 spiro atoms. The summed E-state index contributed by atoms with van der Waals surface area (Å²) >= 11 is 1.56. The van der Waals surface area contributed by atoms with Gasteiger partial charge in [-0.05, 0) is 50.5 Å². The van der Waals surface area contributed by atoms with Crippen LogP contribution in [0.5, 0.6) is 5.75 Å². The van der Waals surface area contributed by atoms with E-state index in [1.807, 2.05) is 54.2 Å². The van der Waals surface area contributed by atoms with Crippen molar-refractivity contribution in [1.29, 1.82) is 0 Å². The average molecular weight is 383 g/mol. The number of hydrogen-bond donors (Lipinski definition) is 0. The third kappa shape index (κ3) is 4.03. The van der Waals surface area contributed by atoms with E-state index in [2.05, 4.69) is 12.0 Å². The Morgan fingerprint density at radius 3 is 2.70 bits per heavy atom. The molecule has 0 bridgehead atoms. The van der Waals surface area contributed by atoms with Crippen molar-refractivity contribution in [3.63, 3.8) is 0 Å². The lowest BCUT2D eigenvalue weighted by Crippen LogP contribution is -2.09. The maximum Gasteiger partial charge on any atom is 0.133 e. The SMILES string of the molecule is CCOc1cc(F)c(Cn2ncc(C)c2C2CC2)c(Sc2ccccc2)c1. The average Bonchev–Trinajstić information content (AvgIpc) is 3.42. The van der Waals surface area contributed by atoms with Gasteiger partial charge in [-0.3, -0.25) is 4.68 Å². The molecule has 1 saturated carbocycles. The maximum absolute atomic E-state index is 15.0. The minimum atomic E-state index is -0.241. The first-order chi connectivity index (χ1) is 13.2. The summed E-state index contributed by atoms with van der Waals surface area (Å²) in [5.74, 6) is 0.897. The van der Waals surface area contributed by atoms with E-state index in [4.69, 9.17) is 4.74 Å². The van der Waals surface area contributed by atoms with E-state index in [0.29, 0.717) is 30.4 Å². The van der Waals surface area contributed by atoms with Crippen molar-refractivity contribution < 1.29 is 9.13 Å². The summed E-state index contributed by atoms with van der Waals surface area (Å²) in [5, 5.41) is 4.53. The fourth-order valence-electron chi connectivity index (χ4n) is 3.35. The number of aromatic nitrogens is 2. The molecule has 0 N–H and O–H groups in total. The fourth-order valence-corrected chi connectivity index (χ4v) is 4.36. The Hall–Kier alpha value is -2.27. The molecule has 1 aliphatic rings. The summed E-state index contributed by atoms with van der Waals surface area (Å²) < 4.78 is 22.6. The van der Waals surface area contributed by atoms with Crippen LogP contribution in [0, 0.1) is 12.7 Å². The van der Waals surface area contributed by atoms with Gasteiger partial charge in [0.15, 0.2) is 0 Å². The molecule has 27 heavy (non-hydrogen) atoms. The first-order valence-corrected chi connectivity index (χ1v) is 10.2. The second-order valence-corrected chi connectivity index (χ2v) is 7.99. The molecule has 140 valence electrons. The van der Waals surface area contributed by atoms with Crippen molar-refractivity contribution >= 4 is 11.8 Å². The second kappa shape index (κ2) is 7.77. The number of benzene rings is 2. The zero-order valence-electron chi connectivity index (χ0n) is 15.6. The minimum absolute atomic E-state index is 0.241. The van der Waals surface area contributed by atoms with Gasteiger partial charge in [-0.25, -0.2) is 4.39 Å². The number of hydrogen-bond acceptors (Lipinski definition) is 3. The minimum Gasteiger partial charge on any atom is -0.494 e. The van der Waals surface area contributed by atoms with Gasteiger partial charge in [-0.15, -0.1) is 0 Å². The van der Waals surface area contributed by atoms with Gasteiger partial charge in [-0.2, -0.15) is 5.10 Å². The molecule has 1 aliphatic carbocycles. The van der Waals surface area contributed by atoms with Crippen molar-refractivity contribution in [3.05, 3.63) is 71.3 Å². The van der Waals surface area contributed by atoms with Crippen LogP contribution in [0.1, 0.15) is 42.5 Å². The highest BCUT2D eigenvalue weighted by Gasteiger charge is 2.29. The van der Waals surface area contributed by atoms with E-state index in [9.17, 15) is 0 Å². The van der Waals surface area contributed by atoms with Crippen molar-refractivity contribution in [2.24, 2.45) is 0 Å². The third-order valence-electron chi connectivity index (χ3n) is 4.75. The van der Waals surface area contributed by atoms with E-state index in [1.165, 1.54) is 30.2 Å². The van der Waals surface area contributed by atoms with Crippen LogP contribution in [0.15, 0.2) is 58.5 Å². The highest BCUT2D eigenvalue weighted by Crippen LogP contribution is 2.42. The van der Waals surface area contributed by atoms with Crippen LogP contribution in [0.2, 0.25) is 0 Å². The summed E-state index contributed by atoms with van der Waals surface area (Å²) in [6.07, 6.45) is 4.29. The van der Waals surface area contributed by atoms with E-state index in [-0.39, 0.29) is 5.82 Å². The van der Waals surface area contributed by atoms with Crippen LogP contribution >= 0.6 is 11.8 Å². The van der Waals surface area contributed by atoms with Gasteiger partial charge in [-0.1, -0.05) is 30.0 Å². The normalized spacial score (nSPS) is 13.7. The molecule has 0 unspecified atom stereocenters. The molecule has 0 aliphatic heterocycles. The lowest BCUT2D eigenvalue weighted by Gasteiger charge is -2.15. The topological polar surface area (TPSA) is 27.1 Å². The Balaban J connectivity index is 1.72. The molecular formula is C22H23FN2OS. The Kier molecular flexibility index (Phi) is 5.21. The van der Waals surface area contributed by atoms with Crippen molar-refractivity contribution in [3.8, 4) is 5.75 Å². The molecule has 5 heteroatoms. The van der Waals surface area contributed by atoms with Crippen LogP contribution in [0.3, 0.4) is 0 Å². The number of ether oxygens (including phenoxy) is 1. The van der Waals surface area contributed by atoms with Crippen LogP contribution < -0.4 is 4.74 Å². The Morgan fingerprint density at radius 2 is 2.00 bits per heavy atom. The summed E-state index contributed by atoms with van der Waals surface area (Å²) in [5.41, 5.74) is 3.11. The monoisotopic (exact) mass is 382 g/mol. The summed E-state index contributed by atoms with van der Waals surface area (Å²) in [7, 11) is 0. The largest absolute Gasteiger partial charge is 0.494 e. The van der Waals surface area contributed by atoms with Crippen LogP contribution in [-0.2, 0) is 6.54 Å². The fraction of sp³-hybridized carbons (Fsp3) is 0.318. The molecule has 0 radical (unpaired) electrons. The van der Waals surface area contributed by atoms with E-state index < -0.39 is 0 Å². The molecule has 3 nitrogen and oxygen atoms in total. The molecular weight excluding hydrogens is 359 g/mol. The number of nitrogens with zero attached hydrogens (tertiary/aromatic N) is 2. The zero-order valence-corrected chi connectivity index (χ0v) is 16.4. The Labute approximate surface area is 163 Å². The quantitative estimate of drug-likeness (QED) is 0.516. The zero-order chi connectivity index (χ0) is 18.8. The molecule has 3 aromatic rings. The molecule has 0 atom stereocenters. The smallest absolute Gasteiger partial charge is 0.133 e. The number of rotatable bonds is 7. The highest BCUT2D eigenvalue weighted by atomic mass is 32.2. The molecule has 1 fully saturated rings. The van der Waals surface area contributed by atoms with Gasteiger partial charge in [0, 0.05) is 33.0 Å². The predicted molar refractivity (Wildman–Crippen MR) is 106 cm³/mol. The molecule has 4 rings (SSSR count). The van der Waals surface area contributed by atoms with Gasteiger partial charge in [0.1, 0.15) is 11.6 Å². The van der Waals surface area contributed by atoms with E-state index in [1.54, 1.807) is 11.8 Å². The van der Waals surface area contributed by atoms with E-state index >= 15 is 4.39 Å². The standard InChI is InChI=1S/C22H23FN2OS/c1-3-26-17-11-20(23)19(21(12-17)27-18-7-5-4-6-8-18)14-25-22(16-9-10-16)15(2)13-24-25/h4-8,11-13,16H,3,9-10,14H2,1-2H3. The van der Waals surface area contributed by atoms with Gasteiger partial charge in [0.25, 0.3) is 0 Å². The summed E-state index contributed by atoms with van der Waals surface area (Å²) in [6.45, 7) is 4.95. The number of aryl methyl sites for hydroxylation is 1. The van der Waals surface area contributed by atoms with Crippen LogP contribution in [0.4, 0.5) is 4.39 Å². The van der Waals surface area contributed by atoms with Gasteiger partial charge >= 0.3 is 0 Å². The van der Waals surface area contributed by atoms with Crippen molar-refractivity contribution in [2.45, 2.75) is 48.9 Å². The van der Waals surface area contributed by atoms with Gasteiger partial charge < -0.3 is 4.74 Å². The first kappa shape index (κ1) is 18.1. The molecule has 0 saturated heterocycles. The molecule has 1 aromatic heterocycles. The lowest BCUT2D eigenvalue weighted by atomic mass is 10.1. The predicted octanol–water partition coefficient (Wildman–Crippen LogP) is 5.81. The number of halogens is 1.